The van der Waals surface area contributed by atoms with Crippen molar-refractivity contribution in [1.82, 2.24) is 0 Å². The third-order valence-electron chi connectivity index (χ3n) is 2.83. The van der Waals surface area contributed by atoms with Crippen LogP contribution in [0, 0.1) is 0 Å². The summed E-state index contributed by atoms with van der Waals surface area (Å²) in [6, 6.07) is 20.1. The number of allylic oxidation sites excluding steroid dienone is 2. The second-order valence-electron chi connectivity index (χ2n) is 5.50. The SMILES string of the molecule is C1CO1.C1CO1.C=CC(=C)C.C=Cc1ccccc1.C=Cc1ccccc1. The van der Waals surface area contributed by atoms with Gasteiger partial charge in [0.1, 0.15) is 0 Å². The second-order valence-corrected chi connectivity index (χ2v) is 5.50. The average Bonchev–Trinajstić information content (AvgIpc) is 3.61. The van der Waals surface area contributed by atoms with Crippen LogP contribution >= 0.6 is 0 Å². The van der Waals surface area contributed by atoms with Crippen LogP contribution in [-0.4, -0.2) is 26.4 Å². The zero-order chi connectivity index (χ0) is 20.2. The molecule has 2 fully saturated rings. The molecule has 2 aliphatic rings. The normalized spacial score (nSPS) is 11.6. The fraction of sp³-hybridized carbons (Fsp3) is 0.200. The topological polar surface area (TPSA) is 25.1 Å². The van der Waals surface area contributed by atoms with Gasteiger partial charge in [0.05, 0.1) is 26.4 Å². The quantitative estimate of drug-likeness (QED) is 0.462. The molecule has 0 amide bonds. The summed E-state index contributed by atoms with van der Waals surface area (Å²) in [6.45, 7) is 20.2. The first-order valence-corrected chi connectivity index (χ1v) is 8.92. The first-order valence-electron chi connectivity index (χ1n) is 8.92. The van der Waals surface area contributed by atoms with Gasteiger partial charge >= 0.3 is 0 Å². The molecular weight excluding hydrogens is 332 g/mol. The molecule has 27 heavy (non-hydrogen) atoms. The lowest BCUT2D eigenvalue weighted by Gasteiger charge is -1.85. The van der Waals surface area contributed by atoms with Crippen molar-refractivity contribution in [3.05, 3.63) is 110 Å². The third kappa shape index (κ3) is 23.3. The molecule has 0 N–H and O–H groups in total. The Morgan fingerprint density at radius 3 is 1.07 bits per heavy atom. The fourth-order valence-electron chi connectivity index (χ4n) is 1.18. The molecular formula is C25H32O2. The summed E-state index contributed by atoms with van der Waals surface area (Å²) in [6.07, 6.45) is 5.39. The number of hydrogen-bond donors (Lipinski definition) is 0. The Kier molecular flexibility index (Phi) is 16.3. The van der Waals surface area contributed by atoms with Crippen molar-refractivity contribution in [2.24, 2.45) is 0 Å². The summed E-state index contributed by atoms with van der Waals surface area (Å²) in [7, 11) is 0. The van der Waals surface area contributed by atoms with Crippen molar-refractivity contribution in [1.29, 1.82) is 0 Å². The summed E-state index contributed by atoms with van der Waals surface area (Å²) < 4.78 is 9.00. The number of ether oxygens (including phenoxy) is 2. The van der Waals surface area contributed by atoms with E-state index in [1.807, 2.05) is 79.7 Å². The molecule has 0 aromatic heterocycles. The molecule has 2 heterocycles. The Labute approximate surface area is 165 Å². The van der Waals surface area contributed by atoms with E-state index in [1.54, 1.807) is 6.08 Å². The Bertz CT molecular complexity index is 571. The predicted molar refractivity (Wildman–Crippen MR) is 120 cm³/mol. The molecule has 2 aliphatic heterocycles. The van der Waals surface area contributed by atoms with Gasteiger partial charge in [0, 0.05) is 0 Å². The van der Waals surface area contributed by atoms with Crippen molar-refractivity contribution in [3.63, 3.8) is 0 Å². The molecule has 2 nitrogen and oxygen atoms in total. The first kappa shape index (κ1) is 24.3. The van der Waals surface area contributed by atoms with Crippen molar-refractivity contribution in [2.75, 3.05) is 26.4 Å². The molecule has 0 saturated carbocycles. The summed E-state index contributed by atoms with van der Waals surface area (Å²) in [5.41, 5.74) is 3.37. The van der Waals surface area contributed by atoms with Crippen LogP contribution in [0.5, 0.6) is 0 Å². The monoisotopic (exact) mass is 364 g/mol. The predicted octanol–water partition coefficient (Wildman–Crippen LogP) is 6.44. The van der Waals surface area contributed by atoms with Crippen LogP contribution < -0.4 is 0 Å². The van der Waals surface area contributed by atoms with Crippen LogP contribution in [0.1, 0.15) is 18.1 Å². The zero-order valence-electron chi connectivity index (χ0n) is 16.5. The number of benzene rings is 2. The molecule has 144 valence electrons. The van der Waals surface area contributed by atoms with Crippen molar-refractivity contribution < 1.29 is 9.47 Å². The lowest BCUT2D eigenvalue weighted by molar-refractivity contribution is 0.475. The van der Waals surface area contributed by atoms with Gasteiger partial charge in [-0.2, -0.15) is 0 Å². The Morgan fingerprint density at radius 1 is 0.704 bits per heavy atom. The second kappa shape index (κ2) is 18.1. The third-order valence-corrected chi connectivity index (χ3v) is 2.83. The van der Waals surface area contributed by atoms with E-state index >= 15 is 0 Å². The van der Waals surface area contributed by atoms with Crippen LogP contribution in [-0.2, 0) is 9.47 Å². The van der Waals surface area contributed by atoms with Gasteiger partial charge in [0.15, 0.2) is 0 Å². The molecule has 2 heteroatoms. The van der Waals surface area contributed by atoms with Crippen LogP contribution in [0.2, 0.25) is 0 Å². The van der Waals surface area contributed by atoms with Gasteiger partial charge in [-0.05, 0) is 18.1 Å². The molecule has 0 atom stereocenters. The standard InChI is InChI=1S/2C8H8.C5H8.2C2H4O/c2*1-2-8-6-4-3-5-7-8;1-4-5(2)3;2*1-2-3-1/h2*2-7H,1H2;4H,1-2H2,3H3;2*1-2H2. The van der Waals surface area contributed by atoms with Gasteiger partial charge in [-0.3, -0.25) is 0 Å². The highest BCUT2D eigenvalue weighted by Crippen LogP contribution is 1.98. The maximum absolute atomic E-state index is 4.50. The fourth-order valence-corrected chi connectivity index (χ4v) is 1.18. The Morgan fingerprint density at radius 2 is 0.963 bits per heavy atom. The van der Waals surface area contributed by atoms with Gasteiger partial charge in [-0.1, -0.05) is 111 Å². The van der Waals surface area contributed by atoms with Crippen molar-refractivity contribution >= 4 is 12.2 Å². The minimum Gasteiger partial charge on any atom is -0.377 e. The van der Waals surface area contributed by atoms with Gasteiger partial charge < -0.3 is 9.47 Å². The smallest absolute Gasteiger partial charge is 0.0701 e. The van der Waals surface area contributed by atoms with Gasteiger partial charge in [0.25, 0.3) is 0 Å². The lowest BCUT2D eigenvalue weighted by atomic mass is 10.2. The minimum absolute atomic E-state index is 1.00. The van der Waals surface area contributed by atoms with Gasteiger partial charge in [-0.15, -0.1) is 0 Å². The zero-order valence-corrected chi connectivity index (χ0v) is 16.5. The van der Waals surface area contributed by atoms with E-state index in [4.69, 9.17) is 0 Å². The number of rotatable bonds is 3. The molecule has 0 radical (unpaired) electrons. The highest BCUT2D eigenvalue weighted by Gasteiger charge is 1.94. The maximum Gasteiger partial charge on any atom is 0.0701 e. The van der Waals surface area contributed by atoms with Crippen LogP contribution in [0.25, 0.3) is 12.2 Å². The number of hydrogen-bond acceptors (Lipinski definition) is 2. The largest absolute Gasteiger partial charge is 0.377 e. The first-order chi connectivity index (χ1) is 13.1. The molecule has 0 bridgehead atoms. The van der Waals surface area contributed by atoms with Gasteiger partial charge in [0.2, 0.25) is 0 Å². The van der Waals surface area contributed by atoms with Gasteiger partial charge in [-0.25, -0.2) is 0 Å². The van der Waals surface area contributed by atoms with Crippen molar-refractivity contribution in [2.45, 2.75) is 6.92 Å². The summed E-state index contributed by atoms with van der Waals surface area (Å²) in [5.74, 6) is 0. The van der Waals surface area contributed by atoms with Crippen LogP contribution in [0.15, 0.2) is 98.6 Å². The van der Waals surface area contributed by atoms with E-state index < -0.39 is 0 Å². The van der Waals surface area contributed by atoms with E-state index in [-0.39, 0.29) is 0 Å². The summed E-state index contributed by atoms with van der Waals surface area (Å²) in [4.78, 5) is 0. The van der Waals surface area contributed by atoms with E-state index in [0.717, 1.165) is 32.0 Å². The van der Waals surface area contributed by atoms with E-state index in [0.29, 0.717) is 0 Å². The molecule has 2 aromatic carbocycles. The Balaban J connectivity index is 0.000000331. The highest BCUT2D eigenvalue weighted by molar-refractivity contribution is 5.46. The van der Waals surface area contributed by atoms with E-state index in [1.165, 1.54) is 11.1 Å². The van der Waals surface area contributed by atoms with Crippen LogP contribution in [0.3, 0.4) is 0 Å². The molecule has 0 aliphatic carbocycles. The summed E-state index contributed by atoms with van der Waals surface area (Å²) in [5, 5.41) is 0. The average molecular weight is 365 g/mol. The molecule has 2 aromatic rings. The molecule has 0 unspecified atom stereocenters. The lowest BCUT2D eigenvalue weighted by Crippen LogP contribution is -1.63. The number of epoxide rings is 2. The molecule has 0 spiro atoms. The molecule has 4 rings (SSSR count). The minimum atomic E-state index is 1.00. The Hall–Kier alpha value is -2.68. The summed E-state index contributed by atoms with van der Waals surface area (Å²) >= 11 is 0. The maximum atomic E-state index is 4.50. The molecule has 2 saturated heterocycles. The van der Waals surface area contributed by atoms with E-state index in [2.05, 4.69) is 35.8 Å². The van der Waals surface area contributed by atoms with E-state index in [9.17, 15) is 0 Å². The highest BCUT2D eigenvalue weighted by atomic mass is 16.6. The van der Waals surface area contributed by atoms with Crippen LogP contribution in [0.4, 0.5) is 0 Å². The van der Waals surface area contributed by atoms with Crippen molar-refractivity contribution in [3.8, 4) is 0 Å².